The molecule has 0 aliphatic rings. The number of likely N-dealkylation sites (N-methyl/N-ethyl adjacent to an activating group) is 1. The lowest BCUT2D eigenvalue weighted by atomic mass is 10.1. The maximum absolute atomic E-state index is 12.4. The monoisotopic (exact) mass is 304 g/mol. The number of Topliss-reactive ketones (excluding diaryl/α,β-unsaturated/α-hetero) is 1. The summed E-state index contributed by atoms with van der Waals surface area (Å²) >= 11 is 6.23. The van der Waals surface area contributed by atoms with E-state index in [1.165, 1.54) is 0 Å². The van der Waals surface area contributed by atoms with Crippen molar-refractivity contribution in [1.29, 1.82) is 0 Å². The molecule has 1 heterocycles. The van der Waals surface area contributed by atoms with Gasteiger partial charge in [-0.3, -0.25) is 9.69 Å². The standard InChI is InChI=1S/C17H21ClN2O/c1-11-9-15(12(2)19-11)17(21)10-20(4)13(3)14-7-5-6-8-16(14)18/h5-9,13,19H,10H2,1-4H3. The average Bonchev–Trinajstić information content (AvgIpc) is 2.77. The van der Waals surface area contributed by atoms with Crippen molar-refractivity contribution in [3.63, 3.8) is 0 Å². The van der Waals surface area contributed by atoms with Crippen LogP contribution in [0.25, 0.3) is 0 Å². The topological polar surface area (TPSA) is 36.1 Å². The molecular formula is C17H21ClN2O. The summed E-state index contributed by atoms with van der Waals surface area (Å²) in [5.74, 6) is 0.123. The number of nitrogens with zero attached hydrogens (tertiary/aromatic N) is 1. The van der Waals surface area contributed by atoms with Gasteiger partial charge in [0.25, 0.3) is 0 Å². The molecule has 0 radical (unpaired) electrons. The van der Waals surface area contributed by atoms with Crippen molar-refractivity contribution in [3.05, 3.63) is 57.9 Å². The molecule has 1 N–H and O–H groups in total. The summed E-state index contributed by atoms with van der Waals surface area (Å²) in [4.78, 5) is 17.6. The second-order valence-corrected chi connectivity index (χ2v) is 5.93. The molecule has 21 heavy (non-hydrogen) atoms. The van der Waals surface area contributed by atoms with Gasteiger partial charge in [0.2, 0.25) is 0 Å². The van der Waals surface area contributed by atoms with E-state index in [1.54, 1.807) is 0 Å². The number of nitrogens with one attached hydrogen (secondary N) is 1. The first kappa shape index (κ1) is 15.8. The lowest BCUT2D eigenvalue weighted by Gasteiger charge is -2.25. The van der Waals surface area contributed by atoms with Gasteiger partial charge in [0, 0.05) is 28.0 Å². The molecule has 3 nitrogen and oxygen atoms in total. The van der Waals surface area contributed by atoms with E-state index >= 15 is 0 Å². The number of benzene rings is 1. The van der Waals surface area contributed by atoms with Crippen LogP contribution >= 0.6 is 11.6 Å². The van der Waals surface area contributed by atoms with Crippen molar-refractivity contribution >= 4 is 17.4 Å². The van der Waals surface area contributed by atoms with Gasteiger partial charge in [-0.1, -0.05) is 29.8 Å². The van der Waals surface area contributed by atoms with Crippen LogP contribution in [-0.2, 0) is 0 Å². The largest absolute Gasteiger partial charge is 0.362 e. The summed E-state index contributed by atoms with van der Waals surface area (Å²) in [6.45, 7) is 6.31. The van der Waals surface area contributed by atoms with Gasteiger partial charge in [0.05, 0.1) is 6.54 Å². The van der Waals surface area contributed by atoms with Crippen LogP contribution in [0.5, 0.6) is 0 Å². The smallest absolute Gasteiger partial charge is 0.178 e. The summed E-state index contributed by atoms with van der Waals surface area (Å²) < 4.78 is 0. The van der Waals surface area contributed by atoms with Crippen LogP contribution in [0.2, 0.25) is 5.02 Å². The fourth-order valence-electron chi connectivity index (χ4n) is 2.51. The van der Waals surface area contributed by atoms with Crippen LogP contribution in [0.4, 0.5) is 0 Å². The molecule has 0 saturated carbocycles. The number of H-pyrrole nitrogens is 1. The van der Waals surface area contributed by atoms with Crippen LogP contribution < -0.4 is 0 Å². The Hall–Kier alpha value is -1.58. The van der Waals surface area contributed by atoms with E-state index in [0.29, 0.717) is 6.54 Å². The number of carbonyl (C=O) groups is 1. The molecule has 0 bridgehead atoms. The Balaban J connectivity index is 2.11. The maximum Gasteiger partial charge on any atom is 0.178 e. The molecule has 4 heteroatoms. The van der Waals surface area contributed by atoms with Crippen LogP contribution in [0.1, 0.15) is 40.3 Å². The molecule has 2 rings (SSSR count). The summed E-state index contributed by atoms with van der Waals surface area (Å²) in [5.41, 5.74) is 3.75. The molecule has 0 amide bonds. The highest BCUT2D eigenvalue weighted by Crippen LogP contribution is 2.26. The van der Waals surface area contributed by atoms with Gasteiger partial charge in [-0.15, -0.1) is 0 Å². The molecule has 2 aromatic rings. The molecule has 0 aliphatic heterocycles. The number of aryl methyl sites for hydroxylation is 2. The Morgan fingerprint density at radius 2 is 2.00 bits per heavy atom. The Morgan fingerprint density at radius 1 is 1.33 bits per heavy atom. The van der Waals surface area contributed by atoms with Gasteiger partial charge in [0.1, 0.15) is 0 Å². The minimum Gasteiger partial charge on any atom is -0.362 e. The molecular weight excluding hydrogens is 284 g/mol. The van der Waals surface area contributed by atoms with Crippen molar-refractivity contribution in [2.75, 3.05) is 13.6 Å². The minimum absolute atomic E-state index is 0.0861. The molecule has 1 atom stereocenters. The zero-order valence-corrected chi connectivity index (χ0v) is 13.7. The first-order valence-corrected chi connectivity index (χ1v) is 7.42. The molecule has 0 saturated heterocycles. The fourth-order valence-corrected chi connectivity index (χ4v) is 2.81. The number of ketones is 1. The lowest BCUT2D eigenvalue weighted by molar-refractivity contribution is 0.0924. The van der Waals surface area contributed by atoms with Crippen LogP contribution in [-0.4, -0.2) is 29.3 Å². The normalized spacial score (nSPS) is 12.7. The van der Waals surface area contributed by atoms with E-state index in [-0.39, 0.29) is 11.8 Å². The highest BCUT2D eigenvalue weighted by molar-refractivity contribution is 6.31. The quantitative estimate of drug-likeness (QED) is 0.842. The van der Waals surface area contributed by atoms with E-state index in [0.717, 1.165) is 27.5 Å². The van der Waals surface area contributed by atoms with Gasteiger partial charge in [0.15, 0.2) is 5.78 Å². The fraction of sp³-hybridized carbons (Fsp3) is 0.353. The second-order valence-electron chi connectivity index (χ2n) is 5.53. The Morgan fingerprint density at radius 3 is 2.57 bits per heavy atom. The number of rotatable bonds is 5. The summed E-state index contributed by atoms with van der Waals surface area (Å²) in [6.07, 6.45) is 0. The minimum atomic E-state index is 0.0861. The SMILES string of the molecule is Cc1cc(C(=O)CN(C)C(C)c2ccccc2Cl)c(C)[nH]1. The third-order valence-electron chi connectivity index (χ3n) is 3.86. The van der Waals surface area contributed by atoms with Crippen molar-refractivity contribution < 1.29 is 4.79 Å². The molecule has 1 aromatic carbocycles. The number of hydrogen-bond donors (Lipinski definition) is 1. The van der Waals surface area contributed by atoms with E-state index in [2.05, 4.69) is 11.9 Å². The second kappa shape index (κ2) is 6.46. The lowest BCUT2D eigenvalue weighted by Crippen LogP contribution is -2.29. The van der Waals surface area contributed by atoms with Gasteiger partial charge in [-0.25, -0.2) is 0 Å². The first-order chi connectivity index (χ1) is 9.90. The van der Waals surface area contributed by atoms with Crippen molar-refractivity contribution in [1.82, 2.24) is 9.88 Å². The number of aromatic amines is 1. The predicted molar refractivity (Wildman–Crippen MR) is 87.1 cm³/mol. The Bertz CT molecular complexity index is 648. The van der Waals surface area contributed by atoms with Crippen molar-refractivity contribution in [2.24, 2.45) is 0 Å². The first-order valence-electron chi connectivity index (χ1n) is 7.04. The highest BCUT2D eigenvalue weighted by Gasteiger charge is 2.19. The molecule has 0 spiro atoms. The van der Waals surface area contributed by atoms with Gasteiger partial charge < -0.3 is 4.98 Å². The average molecular weight is 305 g/mol. The number of aromatic nitrogens is 1. The number of halogens is 1. The van der Waals surface area contributed by atoms with Gasteiger partial charge in [-0.2, -0.15) is 0 Å². The van der Waals surface area contributed by atoms with Crippen LogP contribution in [0, 0.1) is 13.8 Å². The van der Waals surface area contributed by atoms with Crippen molar-refractivity contribution in [2.45, 2.75) is 26.8 Å². The molecule has 0 fully saturated rings. The summed E-state index contributed by atoms with van der Waals surface area (Å²) in [5, 5.41) is 0.734. The van der Waals surface area contributed by atoms with E-state index in [1.807, 2.05) is 56.1 Å². The Kier molecular flexibility index (Phi) is 4.86. The van der Waals surface area contributed by atoms with Crippen LogP contribution in [0.3, 0.4) is 0 Å². The molecule has 0 aliphatic carbocycles. The number of carbonyl (C=O) groups excluding carboxylic acids is 1. The van der Waals surface area contributed by atoms with Crippen molar-refractivity contribution in [3.8, 4) is 0 Å². The van der Waals surface area contributed by atoms with Gasteiger partial charge in [-0.05, 0) is 45.5 Å². The molecule has 112 valence electrons. The Labute approximate surface area is 130 Å². The number of hydrogen-bond acceptors (Lipinski definition) is 2. The van der Waals surface area contributed by atoms with E-state index in [9.17, 15) is 4.79 Å². The zero-order valence-electron chi connectivity index (χ0n) is 12.9. The maximum atomic E-state index is 12.4. The summed E-state index contributed by atoms with van der Waals surface area (Å²) in [7, 11) is 1.95. The van der Waals surface area contributed by atoms with E-state index in [4.69, 9.17) is 11.6 Å². The zero-order chi connectivity index (χ0) is 15.6. The predicted octanol–water partition coefficient (Wildman–Crippen LogP) is 4.16. The van der Waals surface area contributed by atoms with Gasteiger partial charge >= 0.3 is 0 Å². The van der Waals surface area contributed by atoms with Crippen LogP contribution in [0.15, 0.2) is 30.3 Å². The molecule has 1 unspecified atom stereocenters. The summed E-state index contributed by atoms with van der Waals surface area (Å²) in [6, 6.07) is 9.75. The third-order valence-corrected chi connectivity index (χ3v) is 4.20. The van der Waals surface area contributed by atoms with E-state index < -0.39 is 0 Å². The molecule has 1 aromatic heterocycles. The third kappa shape index (κ3) is 3.55. The highest BCUT2D eigenvalue weighted by atomic mass is 35.5.